The van der Waals surface area contributed by atoms with Crippen LogP contribution in [0.4, 0.5) is 18.9 Å². The molecule has 1 heterocycles. The van der Waals surface area contributed by atoms with Crippen LogP contribution < -0.4 is 11.2 Å². The van der Waals surface area contributed by atoms with Crippen molar-refractivity contribution in [1.82, 2.24) is 4.57 Å². The molecule has 0 amide bonds. The van der Waals surface area contributed by atoms with Gasteiger partial charge in [0.1, 0.15) is 11.4 Å². The maximum absolute atomic E-state index is 14.3. The third-order valence-electron chi connectivity index (χ3n) is 4.36. The number of nitrogens with two attached hydrogens (primary N) is 1. The Hall–Kier alpha value is -2.85. The smallest absolute Gasteiger partial charge is 0.341 e. The lowest BCUT2D eigenvalue weighted by molar-refractivity contribution is 0.0695. The molecule has 10 heteroatoms. The zero-order valence-electron chi connectivity index (χ0n) is 14.2. The molecule has 4 N–H and O–H groups in total. The highest BCUT2D eigenvalue weighted by atomic mass is 79.9. The summed E-state index contributed by atoms with van der Waals surface area (Å²) in [6, 6.07) is 2.02. The highest BCUT2D eigenvalue weighted by molar-refractivity contribution is 9.10. The summed E-state index contributed by atoms with van der Waals surface area (Å²) >= 11 is 2.90. The topological polar surface area (TPSA) is 106 Å². The summed E-state index contributed by atoms with van der Waals surface area (Å²) in [5.41, 5.74) is 2.92. The number of carboxylic acids is 1. The van der Waals surface area contributed by atoms with Gasteiger partial charge in [0, 0.05) is 17.3 Å². The summed E-state index contributed by atoms with van der Waals surface area (Å²) in [5.74, 6) is -5.03. The Morgan fingerprint density at radius 1 is 1.25 bits per heavy atom. The first-order valence-electron chi connectivity index (χ1n) is 7.75. The van der Waals surface area contributed by atoms with Crippen molar-refractivity contribution in [1.29, 1.82) is 0 Å². The number of nitrogen functional groups attached to an aromatic ring is 1. The molecule has 0 aliphatic heterocycles. The minimum atomic E-state index is -1.60. The first kappa shape index (κ1) is 19.9. The van der Waals surface area contributed by atoms with Crippen molar-refractivity contribution in [3.63, 3.8) is 0 Å². The van der Waals surface area contributed by atoms with Crippen LogP contribution in [0.25, 0.3) is 16.6 Å². The largest absolute Gasteiger partial charge is 0.477 e. The van der Waals surface area contributed by atoms with Gasteiger partial charge in [-0.15, -0.1) is 0 Å². The molecule has 0 saturated carbocycles. The first-order chi connectivity index (χ1) is 13.1. The van der Waals surface area contributed by atoms with Crippen LogP contribution in [0.2, 0.25) is 0 Å². The monoisotopic (exact) mass is 456 g/mol. The number of carboxylic acid groups (broad SMARTS) is 1. The van der Waals surface area contributed by atoms with E-state index >= 15 is 0 Å². The average molecular weight is 457 g/mol. The molecule has 0 aliphatic carbocycles. The van der Waals surface area contributed by atoms with Gasteiger partial charge in [0.25, 0.3) is 0 Å². The predicted molar refractivity (Wildman–Crippen MR) is 99.2 cm³/mol. The number of pyridine rings is 1. The number of benzene rings is 2. The number of aromatic nitrogens is 1. The second kappa shape index (κ2) is 6.95. The van der Waals surface area contributed by atoms with E-state index in [1.807, 2.05) is 0 Å². The molecule has 0 bridgehead atoms. The maximum atomic E-state index is 14.3. The standard InChI is InChI=1S/C18H12BrF3N2O4/c1-6-12-16(13(19)15(22)14(6)21)24(4-8(17(12)26)18(27)28)11-3-10(23)9(20)2-7(11)5-25/h2-4,25H,5,23H2,1H3,(H,27,28). The minimum absolute atomic E-state index is 0.00000756. The van der Waals surface area contributed by atoms with Crippen LogP contribution >= 0.6 is 15.9 Å². The van der Waals surface area contributed by atoms with E-state index in [0.717, 1.165) is 29.8 Å². The van der Waals surface area contributed by atoms with E-state index in [2.05, 4.69) is 15.9 Å². The molecular formula is C18H12BrF3N2O4. The highest BCUT2D eigenvalue weighted by Crippen LogP contribution is 2.34. The van der Waals surface area contributed by atoms with Crippen LogP contribution in [0.5, 0.6) is 0 Å². The second-order valence-electron chi connectivity index (χ2n) is 6.00. The summed E-state index contributed by atoms with van der Waals surface area (Å²) in [7, 11) is 0. The number of carbonyl (C=O) groups is 1. The van der Waals surface area contributed by atoms with Gasteiger partial charge in [-0.1, -0.05) is 0 Å². The van der Waals surface area contributed by atoms with E-state index in [4.69, 9.17) is 5.73 Å². The van der Waals surface area contributed by atoms with Crippen LogP contribution in [0, 0.1) is 24.4 Å². The van der Waals surface area contributed by atoms with E-state index in [1.165, 1.54) is 0 Å². The molecule has 146 valence electrons. The van der Waals surface area contributed by atoms with Crippen molar-refractivity contribution in [3.8, 4) is 5.69 Å². The van der Waals surface area contributed by atoms with Crippen molar-refractivity contribution in [2.24, 2.45) is 0 Å². The number of hydrogen-bond donors (Lipinski definition) is 3. The Morgan fingerprint density at radius 3 is 2.46 bits per heavy atom. The lowest BCUT2D eigenvalue weighted by atomic mass is 10.0. The predicted octanol–water partition coefficient (Wildman–Crippen LogP) is 3.25. The molecule has 2 aromatic carbocycles. The van der Waals surface area contributed by atoms with Gasteiger partial charge in [0.2, 0.25) is 5.43 Å². The van der Waals surface area contributed by atoms with Gasteiger partial charge in [-0.05, 0) is 35.0 Å². The van der Waals surface area contributed by atoms with E-state index in [9.17, 15) is 33.0 Å². The normalized spacial score (nSPS) is 11.2. The van der Waals surface area contributed by atoms with Gasteiger partial charge in [-0.2, -0.15) is 0 Å². The summed E-state index contributed by atoms with van der Waals surface area (Å²) in [4.78, 5) is 24.2. The SMILES string of the molecule is Cc1c(F)c(F)c(Br)c2c1c(=O)c(C(=O)O)cn2-c1cc(N)c(F)cc1CO. The number of aliphatic hydroxyl groups is 1. The summed E-state index contributed by atoms with van der Waals surface area (Å²) in [6.45, 7) is 0.472. The Balaban J connectivity index is 2.65. The number of fused-ring (bicyclic) bond motifs is 1. The first-order valence-corrected chi connectivity index (χ1v) is 8.54. The average Bonchev–Trinajstić information content (AvgIpc) is 2.65. The molecule has 0 aliphatic rings. The van der Waals surface area contributed by atoms with Gasteiger partial charge >= 0.3 is 5.97 Å². The van der Waals surface area contributed by atoms with Crippen LogP contribution in [-0.4, -0.2) is 20.7 Å². The Labute approximate surface area is 163 Å². The van der Waals surface area contributed by atoms with Gasteiger partial charge < -0.3 is 20.5 Å². The zero-order valence-corrected chi connectivity index (χ0v) is 15.8. The van der Waals surface area contributed by atoms with E-state index < -0.39 is 51.1 Å². The molecule has 0 radical (unpaired) electrons. The molecular weight excluding hydrogens is 445 g/mol. The van der Waals surface area contributed by atoms with Crippen LogP contribution in [0.1, 0.15) is 21.5 Å². The van der Waals surface area contributed by atoms with E-state index in [-0.39, 0.29) is 27.8 Å². The summed E-state index contributed by atoms with van der Waals surface area (Å²) in [5, 5.41) is 18.6. The fourth-order valence-electron chi connectivity index (χ4n) is 2.97. The molecule has 6 nitrogen and oxygen atoms in total. The Morgan fingerprint density at radius 2 is 1.89 bits per heavy atom. The molecule has 0 unspecified atom stereocenters. The molecule has 1 aromatic heterocycles. The number of halogens is 4. The molecule has 0 fully saturated rings. The molecule has 0 spiro atoms. The third kappa shape index (κ3) is 2.85. The van der Waals surface area contributed by atoms with Crippen LogP contribution in [0.3, 0.4) is 0 Å². The number of nitrogens with zero attached hydrogens (tertiary/aromatic N) is 1. The minimum Gasteiger partial charge on any atom is -0.477 e. The number of anilines is 1. The second-order valence-corrected chi connectivity index (χ2v) is 6.79. The molecule has 28 heavy (non-hydrogen) atoms. The number of aliphatic hydroxyl groups excluding tert-OH is 1. The highest BCUT2D eigenvalue weighted by Gasteiger charge is 2.25. The number of aromatic carboxylic acids is 1. The van der Waals surface area contributed by atoms with Crippen molar-refractivity contribution in [2.45, 2.75) is 13.5 Å². The lowest BCUT2D eigenvalue weighted by Gasteiger charge is -2.19. The van der Waals surface area contributed by atoms with E-state index in [1.54, 1.807) is 0 Å². The van der Waals surface area contributed by atoms with Gasteiger partial charge in [-0.3, -0.25) is 4.79 Å². The van der Waals surface area contributed by atoms with Crippen molar-refractivity contribution in [2.75, 3.05) is 5.73 Å². The van der Waals surface area contributed by atoms with Crippen molar-refractivity contribution >= 4 is 38.5 Å². The number of aryl methyl sites for hydroxylation is 1. The van der Waals surface area contributed by atoms with Crippen LogP contribution in [-0.2, 0) is 6.61 Å². The molecule has 3 aromatic rings. The lowest BCUT2D eigenvalue weighted by Crippen LogP contribution is -2.21. The third-order valence-corrected chi connectivity index (χ3v) is 5.09. The van der Waals surface area contributed by atoms with Crippen LogP contribution in [0.15, 0.2) is 27.6 Å². The quantitative estimate of drug-likeness (QED) is 0.414. The fraction of sp³-hybridized carbons (Fsp3) is 0.111. The maximum Gasteiger partial charge on any atom is 0.341 e. The Kier molecular flexibility index (Phi) is 4.94. The number of hydrogen-bond acceptors (Lipinski definition) is 4. The van der Waals surface area contributed by atoms with Crippen molar-refractivity contribution in [3.05, 3.63) is 67.2 Å². The van der Waals surface area contributed by atoms with E-state index in [0.29, 0.717) is 0 Å². The van der Waals surface area contributed by atoms with Crippen molar-refractivity contribution < 1.29 is 28.2 Å². The van der Waals surface area contributed by atoms with Gasteiger partial charge in [-0.25, -0.2) is 18.0 Å². The zero-order chi connectivity index (χ0) is 20.9. The summed E-state index contributed by atoms with van der Waals surface area (Å²) in [6.07, 6.45) is 0.889. The van der Waals surface area contributed by atoms with Gasteiger partial charge in [0.05, 0.1) is 33.4 Å². The fourth-order valence-corrected chi connectivity index (χ4v) is 3.53. The van der Waals surface area contributed by atoms with Gasteiger partial charge in [0.15, 0.2) is 11.6 Å². The molecule has 3 rings (SSSR count). The molecule has 0 saturated heterocycles. The number of rotatable bonds is 3. The summed E-state index contributed by atoms with van der Waals surface area (Å²) < 4.78 is 43.0. The Bertz CT molecular complexity index is 1220. The molecule has 0 atom stereocenters.